The molecule has 1 aromatic rings. The van der Waals surface area contributed by atoms with Crippen molar-refractivity contribution in [3.63, 3.8) is 0 Å². The summed E-state index contributed by atoms with van der Waals surface area (Å²) in [4.78, 5) is 25.8. The van der Waals surface area contributed by atoms with Crippen molar-refractivity contribution in [2.75, 3.05) is 7.11 Å². The van der Waals surface area contributed by atoms with Crippen LogP contribution < -0.4 is 4.74 Å². The molecule has 0 radical (unpaired) electrons. The molecule has 0 N–H and O–H groups in total. The molecule has 0 saturated carbocycles. The molecule has 0 aliphatic rings. The van der Waals surface area contributed by atoms with Gasteiger partial charge in [0.1, 0.15) is 23.5 Å². The van der Waals surface area contributed by atoms with Crippen LogP contribution in [0.3, 0.4) is 0 Å². The summed E-state index contributed by atoms with van der Waals surface area (Å²) in [6, 6.07) is 7.44. The molecule has 0 fully saturated rings. The van der Waals surface area contributed by atoms with Crippen molar-refractivity contribution in [2.45, 2.75) is 72.0 Å². The van der Waals surface area contributed by atoms with Gasteiger partial charge in [-0.1, -0.05) is 31.2 Å². The van der Waals surface area contributed by atoms with Crippen molar-refractivity contribution in [1.29, 1.82) is 5.26 Å². The lowest BCUT2D eigenvalue weighted by molar-refractivity contribution is -0.163. The van der Waals surface area contributed by atoms with Gasteiger partial charge in [0, 0.05) is 12.8 Å². The van der Waals surface area contributed by atoms with Gasteiger partial charge in [-0.2, -0.15) is 5.26 Å². The number of nitriles is 1. The van der Waals surface area contributed by atoms with E-state index in [1.165, 1.54) is 7.11 Å². The number of ether oxygens (including phenoxy) is 3. The first-order valence-electron chi connectivity index (χ1n) is 11.3. The fourth-order valence-corrected chi connectivity index (χ4v) is 3.35. The molecular weight excluding hydrogens is 418 g/mol. The Kier molecular flexibility index (Phi) is 11.4. The lowest BCUT2D eigenvalue weighted by atomic mass is 9.92. The Labute approximate surface area is 198 Å². The van der Waals surface area contributed by atoms with Gasteiger partial charge in [-0.05, 0) is 57.6 Å². The molecule has 3 atom stereocenters. The molecule has 1 aromatic carbocycles. The van der Waals surface area contributed by atoms with Crippen LogP contribution in [0.5, 0.6) is 5.75 Å². The van der Waals surface area contributed by atoms with Crippen molar-refractivity contribution >= 4 is 11.9 Å². The van der Waals surface area contributed by atoms with Crippen molar-refractivity contribution in [2.24, 2.45) is 11.3 Å². The zero-order chi connectivity index (χ0) is 25.0. The highest BCUT2D eigenvalue weighted by molar-refractivity contribution is 5.94. The Bertz CT molecular complexity index is 862. The Hall–Kier alpha value is -3.07. The second-order valence-corrected chi connectivity index (χ2v) is 9.14. The van der Waals surface area contributed by atoms with E-state index in [0.29, 0.717) is 30.6 Å². The van der Waals surface area contributed by atoms with E-state index < -0.39 is 23.6 Å². The minimum absolute atomic E-state index is 0.0281. The summed E-state index contributed by atoms with van der Waals surface area (Å²) in [5.41, 5.74) is 0.412. The normalized spacial score (nSPS) is 13.7. The Morgan fingerprint density at radius 1 is 1.18 bits per heavy atom. The van der Waals surface area contributed by atoms with Gasteiger partial charge < -0.3 is 14.2 Å². The topological polar surface area (TPSA) is 85.6 Å². The van der Waals surface area contributed by atoms with Gasteiger partial charge in [0.05, 0.1) is 18.6 Å². The monoisotopic (exact) mass is 455 g/mol. The molecule has 6 heteroatoms. The van der Waals surface area contributed by atoms with Gasteiger partial charge in [-0.25, -0.2) is 4.79 Å². The van der Waals surface area contributed by atoms with Crippen molar-refractivity contribution < 1.29 is 23.8 Å². The van der Waals surface area contributed by atoms with Crippen LogP contribution in [0.4, 0.5) is 0 Å². The lowest BCUT2D eigenvalue weighted by Crippen LogP contribution is -2.35. The van der Waals surface area contributed by atoms with Crippen LogP contribution in [-0.4, -0.2) is 31.3 Å². The molecule has 0 aromatic heterocycles. The van der Waals surface area contributed by atoms with Crippen LogP contribution in [0.15, 0.2) is 43.5 Å². The van der Waals surface area contributed by atoms with Crippen LogP contribution >= 0.6 is 0 Å². The van der Waals surface area contributed by atoms with Gasteiger partial charge >= 0.3 is 11.9 Å². The summed E-state index contributed by atoms with van der Waals surface area (Å²) in [5, 5.41) is 9.12. The second kappa shape index (κ2) is 13.5. The van der Waals surface area contributed by atoms with E-state index in [1.807, 2.05) is 13.0 Å². The van der Waals surface area contributed by atoms with Crippen LogP contribution in [0.25, 0.3) is 0 Å². The number of allylic oxidation sites excluding steroid dienone is 2. The molecular formula is C27H37NO5. The number of benzene rings is 1. The van der Waals surface area contributed by atoms with Gasteiger partial charge in [-0.3, -0.25) is 4.79 Å². The van der Waals surface area contributed by atoms with E-state index in [2.05, 4.69) is 19.2 Å². The number of nitrogens with zero attached hydrogens (tertiary/aromatic N) is 1. The second-order valence-electron chi connectivity index (χ2n) is 9.14. The summed E-state index contributed by atoms with van der Waals surface area (Å²) in [5.74, 6) is -0.481. The van der Waals surface area contributed by atoms with Gasteiger partial charge in [0.15, 0.2) is 0 Å². The molecule has 6 nitrogen and oxygen atoms in total. The van der Waals surface area contributed by atoms with E-state index >= 15 is 0 Å². The summed E-state index contributed by atoms with van der Waals surface area (Å²) in [6.45, 7) is 14.9. The van der Waals surface area contributed by atoms with Crippen molar-refractivity contribution in [1.82, 2.24) is 0 Å². The Balaban J connectivity index is 3.21. The molecule has 0 saturated heterocycles. The van der Waals surface area contributed by atoms with Gasteiger partial charge in [-0.15, -0.1) is 13.2 Å². The summed E-state index contributed by atoms with van der Waals surface area (Å²) in [7, 11) is 1.50. The van der Waals surface area contributed by atoms with Crippen molar-refractivity contribution in [3.05, 3.63) is 54.6 Å². The number of carbonyl (C=O) groups is 2. The predicted molar refractivity (Wildman–Crippen MR) is 129 cm³/mol. The van der Waals surface area contributed by atoms with E-state index in [0.717, 1.165) is 5.56 Å². The first-order valence-corrected chi connectivity index (χ1v) is 11.3. The maximum atomic E-state index is 13.2. The molecule has 33 heavy (non-hydrogen) atoms. The highest BCUT2D eigenvalue weighted by Gasteiger charge is 2.32. The molecule has 0 spiro atoms. The maximum Gasteiger partial charge on any atom is 0.342 e. The number of carbonyl (C=O) groups excluding carboxylic acids is 2. The number of methoxy groups -OCH3 is 1. The fraction of sp³-hybridized carbons (Fsp3) is 0.519. The van der Waals surface area contributed by atoms with Crippen LogP contribution in [0, 0.1) is 22.7 Å². The zero-order valence-electron chi connectivity index (χ0n) is 20.6. The molecule has 0 aliphatic carbocycles. The number of esters is 2. The third-order valence-corrected chi connectivity index (χ3v) is 5.29. The standard InChI is InChI=1S/C27H37NO5/c1-8-12-19(3)23(33-26(30)27(4,5)6)18-21(15-11-17-28)32-25(29)24-20(13-9-2)14-10-16-22(24)31-7/h8-10,14,16,19,21,23H,1-2,11-13,15,18H2,3-7H3/t19-,21-,23+/m0/s1. The number of rotatable bonds is 13. The van der Waals surface area contributed by atoms with Gasteiger partial charge in [0.2, 0.25) is 0 Å². The summed E-state index contributed by atoms with van der Waals surface area (Å²) >= 11 is 0. The molecule has 180 valence electrons. The fourth-order valence-electron chi connectivity index (χ4n) is 3.35. The Morgan fingerprint density at radius 2 is 1.88 bits per heavy atom. The molecule has 0 bridgehead atoms. The average Bonchev–Trinajstić information content (AvgIpc) is 2.76. The average molecular weight is 456 g/mol. The molecule has 0 heterocycles. The lowest BCUT2D eigenvalue weighted by Gasteiger charge is -2.30. The van der Waals surface area contributed by atoms with E-state index in [-0.39, 0.29) is 24.7 Å². The SMILES string of the molecule is C=CCc1cccc(OC)c1C(=O)O[C@@H](CCC#N)C[C@@H](OC(=O)C(C)(C)C)[C@@H](C)CC=C. The summed E-state index contributed by atoms with van der Waals surface area (Å²) < 4.78 is 17.1. The molecule has 1 rings (SSSR count). The molecule has 0 amide bonds. The first kappa shape index (κ1) is 28.0. The quantitative estimate of drug-likeness (QED) is 0.275. The van der Waals surface area contributed by atoms with E-state index in [9.17, 15) is 9.59 Å². The van der Waals surface area contributed by atoms with Crippen LogP contribution in [0.1, 0.15) is 69.3 Å². The highest BCUT2D eigenvalue weighted by Crippen LogP contribution is 2.28. The molecule has 0 unspecified atom stereocenters. The predicted octanol–water partition coefficient (Wildman–Crippen LogP) is 5.81. The third kappa shape index (κ3) is 8.76. The van der Waals surface area contributed by atoms with Crippen LogP contribution in [-0.2, 0) is 20.7 Å². The highest BCUT2D eigenvalue weighted by atomic mass is 16.6. The minimum Gasteiger partial charge on any atom is -0.496 e. The summed E-state index contributed by atoms with van der Waals surface area (Å²) in [6.07, 6.45) is 4.32. The maximum absolute atomic E-state index is 13.2. The Morgan fingerprint density at radius 3 is 2.42 bits per heavy atom. The molecule has 0 aliphatic heterocycles. The minimum atomic E-state index is -0.665. The largest absolute Gasteiger partial charge is 0.496 e. The van der Waals surface area contributed by atoms with Crippen molar-refractivity contribution in [3.8, 4) is 11.8 Å². The van der Waals surface area contributed by atoms with Gasteiger partial charge in [0.25, 0.3) is 0 Å². The number of hydrogen-bond donors (Lipinski definition) is 0. The smallest absolute Gasteiger partial charge is 0.342 e. The first-order chi connectivity index (χ1) is 15.6. The number of hydrogen-bond acceptors (Lipinski definition) is 6. The van der Waals surface area contributed by atoms with Crippen LogP contribution in [0.2, 0.25) is 0 Å². The van der Waals surface area contributed by atoms with E-state index in [1.54, 1.807) is 45.1 Å². The zero-order valence-corrected chi connectivity index (χ0v) is 20.6. The third-order valence-electron chi connectivity index (χ3n) is 5.29. The van der Waals surface area contributed by atoms with E-state index in [4.69, 9.17) is 19.5 Å².